The number of benzene rings is 1. The van der Waals surface area contributed by atoms with Crippen LogP contribution < -0.4 is 0 Å². The zero-order chi connectivity index (χ0) is 20.3. The number of ketones is 1. The Bertz CT molecular complexity index is 652. The van der Waals surface area contributed by atoms with E-state index in [-0.39, 0.29) is 29.2 Å². The molecule has 1 aromatic rings. The molecule has 0 spiro atoms. The van der Waals surface area contributed by atoms with Crippen molar-refractivity contribution >= 4 is 13.4 Å². The first-order valence-corrected chi connectivity index (χ1v) is 10.6. The highest BCUT2D eigenvalue weighted by Gasteiger charge is 2.28. The highest BCUT2D eigenvalue weighted by atomic mass is 31.2. The fourth-order valence-electron chi connectivity index (χ4n) is 2.76. The molecular weight excluding hydrogens is 351 g/mol. The predicted molar refractivity (Wildman–Crippen MR) is 105 cm³/mol. The molecule has 5 nitrogen and oxygen atoms in total. The molecule has 148 valence electrons. The van der Waals surface area contributed by atoms with E-state index < -0.39 is 7.60 Å². The van der Waals surface area contributed by atoms with Crippen LogP contribution in [0.5, 0.6) is 5.75 Å². The van der Waals surface area contributed by atoms with E-state index >= 15 is 0 Å². The average Bonchev–Trinajstić information content (AvgIpc) is 2.51. The van der Waals surface area contributed by atoms with Gasteiger partial charge in [-0.3, -0.25) is 9.36 Å². The second kappa shape index (κ2) is 8.24. The van der Waals surface area contributed by atoms with Gasteiger partial charge in [0.05, 0.1) is 0 Å². The lowest BCUT2D eigenvalue weighted by atomic mass is 9.78. The van der Waals surface area contributed by atoms with E-state index in [9.17, 15) is 14.5 Å². The van der Waals surface area contributed by atoms with Crippen molar-refractivity contribution in [2.75, 3.05) is 20.4 Å². The van der Waals surface area contributed by atoms with E-state index in [1.54, 1.807) is 0 Å². The number of carbonyl (C=O) groups excluding carboxylic acids is 1. The highest BCUT2D eigenvalue weighted by molar-refractivity contribution is 7.54. The number of carbonyl (C=O) groups is 1. The van der Waals surface area contributed by atoms with Crippen molar-refractivity contribution in [1.29, 1.82) is 0 Å². The first-order valence-electron chi connectivity index (χ1n) is 8.82. The van der Waals surface area contributed by atoms with Crippen LogP contribution >= 0.6 is 7.60 Å². The lowest BCUT2D eigenvalue weighted by Crippen LogP contribution is -2.18. The highest BCUT2D eigenvalue weighted by Crippen LogP contribution is 2.46. The Morgan fingerprint density at radius 2 is 1.42 bits per heavy atom. The van der Waals surface area contributed by atoms with Gasteiger partial charge in [0.2, 0.25) is 0 Å². The molecule has 1 N–H and O–H groups in total. The molecule has 0 heterocycles. The molecule has 0 saturated heterocycles. The van der Waals surface area contributed by atoms with Gasteiger partial charge in [0, 0.05) is 20.6 Å². The van der Waals surface area contributed by atoms with Gasteiger partial charge < -0.3 is 14.2 Å². The summed E-state index contributed by atoms with van der Waals surface area (Å²) in [5, 5.41) is 10.7. The second-order valence-electron chi connectivity index (χ2n) is 8.71. The maximum atomic E-state index is 12.2. The number of aryl methyl sites for hydroxylation is 1. The van der Waals surface area contributed by atoms with E-state index in [1.165, 1.54) is 14.2 Å². The fraction of sp³-hybridized carbons (Fsp3) is 0.650. The van der Waals surface area contributed by atoms with Crippen molar-refractivity contribution < 1.29 is 23.5 Å². The van der Waals surface area contributed by atoms with Crippen molar-refractivity contribution in [3.8, 4) is 5.75 Å². The minimum absolute atomic E-state index is 0.167. The van der Waals surface area contributed by atoms with Gasteiger partial charge in [0.1, 0.15) is 17.7 Å². The van der Waals surface area contributed by atoms with Gasteiger partial charge >= 0.3 is 7.60 Å². The van der Waals surface area contributed by atoms with Crippen molar-refractivity contribution in [2.45, 2.75) is 65.2 Å². The van der Waals surface area contributed by atoms with Crippen molar-refractivity contribution in [2.24, 2.45) is 0 Å². The summed E-state index contributed by atoms with van der Waals surface area (Å²) in [6, 6.07) is 3.92. The van der Waals surface area contributed by atoms with E-state index in [1.807, 2.05) is 12.1 Å². The Morgan fingerprint density at radius 1 is 1.00 bits per heavy atom. The number of aromatic hydroxyl groups is 1. The maximum Gasteiger partial charge on any atom is 0.337 e. The Hall–Kier alpha value is -1.16. The van der Waals surface area contributed by atoms with Gasteiger partial charge in [0.25, 0.3) is 0 Å². The molecule has 0 saturated carbocycles. The molecule has 0 radical (unpaired) electrons. The molecule has 0 aliphatic rings. The minimum Gasteiger partial charge on any atom is -0.507 e. The third-order valence-electron chi connectivity index (χ3n) is 4.40. The summed E-state index contributed by atoms with van der Waals surface area (Å²) >= 11 is 0. The standard InChI is InChI=1S/C20H33O5P/c1-19(2,3)16-11-14(12-17(18(16)22)20(4,5)6)9-10-15(21)13-26(23,24-7)25-8/h11-12,22H,9-10,13H2,1-8H3. The number of hydrogen-bond acceptors (Lipinski definition) is 5. The number of phenolic OH excluding ortho intramolecular Hbond substituents is 1. The molecule has 1 aromatic carbocycles. The summed E-state index contributed by atoms with van der Waals surface area (Å²) in [6.07, 6.45) is 0.531. The van der Waals surface area contributed by atoms with E-state index in [0.717, 1.165) is 16.7 Å². The number of phenols is 1. The third kappa shape index (κ3) is 5.94. The average molecular weight is 384 g/mol. The van der Waals surface area contributed by atoms with Gasteiger partial charge in [-0.1, -0.05) is 53.7 Å². The van der Waals surface area contributed by atoms with Crippen LogP contribution in [0.25, 0.3) is 0 Å². The summed E-state index contributed by atoms with van der Waals surface area (Å²) in [7, 11) is -0.767. The molecule has 0 bridgehead atoms. The molecule has 0 aliphatic carbocycles. The summed E-state index contributed by atoms with van der Waals surface area (Å²) in [4.78, 5) is 12.2. The van der Waals surface area contributed by atoms with E-state index in [4.69, 9.17) is 9.05 Å². The van der Waals surface area contributed by atoms with Crippen LogP contribution in [0.2, 0.25) is 0 Å². The van der Waals surface area contributed by atoms with Crippen molar-refractivity contribution in [3.05, 3.63) is 28.8 Å². The normalized spacial score (nSPS) is 13.1. The molecule has 0 aliphatic heterocycles. The molecule has 0 atom stereocenters. The number of hydrogen-bond donors (Lipinski definition) is 1. The fourth-order valence-corrected chi connectivity index (χ4v) is 3.76. The summed E-state index contributed by atoms with van der Waals surface area (Å²) in [6.45, 7) is 12.3. The van der Waals surface area contributed by atoms with Gasteiger partial charge in [-0.2, -0.15) is 0 Å². The van der Waals surface area contributed by atoms with Crippen LogP contribution in [-0.2, 0) is 35.7 Å². The van der Waals surface area contributed by atoms with Gasteiger partial charge in [0.15, 0.2) is 0 Å². The van der Waals surface area contributed by atoms with Crippen LogP contribution in [0, 0.1) is 0 Å². The molecule has 0 aromatic heterocycles. The molecule has 6 heteroatoms. The van der Waals surface area contributed by atoms with Crippen LogP contribution in [0.3, 0.4) is 0 Å². The summed E-state index contributed by atoms with van der Waals surface area (Å²) in [5.74, 6) is 0.156. The summed E-state index contributed by atoms with van der Waals surface area (Å²) in [5.41, 5.74) is 2.28. The number of Topliss-reactive ketones (excluding diaryl/α,β-unsaturated/α-hetero) is 1. The Balaban J connectivity index is 3.11. The van der Waals surface area contributed by atoms with Gasteiger partial charge in [-0.15, -0.1) is 0 Å². The first kappa shape index (κ1) is 22.9. The second-order valence-corrected chi connectivity index (χ2v) is 11.0. The first-order chi connectivity index (χ1) is 11.7. The van der Waals surface area contributed by atoms with Crippen LogP contribution in [-0.4, -0.2) is 31.3 Å². The smallest absolute Gasteiger partial charge is 0.337 e. The monoisotopic (exact) mass is 384 g/mol. The third-order valence-corrected chi connectivity index (χ3v) is 6.26. The van der Waals surface area contributed by atoms with E-state index in [2.05, 4.69) is 41.5 Å². The Morgan fingerprint density at radius 3 is 1.77 bits per heavy atom. The molecule has 26 heavy (non-hydrogen) atoms. The van der Waals surface area contributed by atoms with Crippen LogP contribution in [0.4, 0.5) is 0 Å². The lowest BCUT2D eigenvalue weighted by molar-refractivity contribution is -0.116. The van der Waals surface area contributed by atoms with Crippen molar-refractivity contribution in [1.82, 2.24) is 0 Å². The maximum absolute atomic E-state index is 12.2. The summed E-state index contributed by atoms with van der Waals surface area (Å²) < 4.78 is 21.8. The lowest BCUT2D eigenvalue weighted by Gasteiger charge is -2.28. The minimum atomic E-state index is -3.33. The molecule has 1 rings (SSSR count). The largest absolute Gasteiger partial charge is 0.507 e. The predicted octanol–water partition coefficient (Wildman–Crippen LogP) is 4.97. The van der Waals surface area contributed by atoms with Gasteiger partial charge in [-0.25, -0.2) is 0 Å². The number of rotatable bonds is 7. The molecular formula is C20H33O5P. The van der Waals surface area contributed by atoms with Crippen LogP contribution in [0.15, 0.2) is 12.1 Å². The molecule has 0 fully saturated rings. The zero-order valence-electron chi connectivity index (χ0n) is 17.3. The molecule has 0 unspecified atom stereocenters. The van der Waals surface area contributed by atoms with Crippen molar-refractivity contribution in [3.63, 3.8) is 0 Å². The van der Waals surface area contributed by atoms with Crippen LogP contribution in [0.1, 0.15) is 64.7 Å². The Labute approximate surface area is 157 Å². The zero-order valence-corrected chi connectivity index (χ0v) is 18.2. The Kier molecular flexibility index (Phi) is 7.25. The topological polar surface area (TPSA) is 72.8 Å². The van der Waals surface area contributed by atoms with Gasteiger partial charge in [-0.05, 0) is 33.9 Å². The SMILES string of the molecule is COP(=O)(CC(=O)CCc1cc(C(C)(C)C)c(O)c(C(C)(C)C)c1)OC. The quantitative estimate of drug-likeness (QED) is 0.672. The van der Waals surface area contributed by atoms with E-state index in [0.29, 0.717) is 12.2 Å². The molecule has 0 amide bonds.